The third-order valence-corrected chi connectivity index (χ3v) is 4.22. The molecular weight excluding hydrogens is 320 g/mol. The maximum atomic E-state index is 11.0. The van der Waals surface area contributed by atoms with Crippen molar-refractivity contribution in [1.82, 2.24) is 0 Å². The Morgan fingerprint density at radius 1 is 1.23 bits per heavy atom. The van der Waals surface area contributed by atoms with Crippen LogP contribution in [0.4, 0.5) is 0 Å². The van der Waals surface area contributed by atoms with Gasteiger partial charge < -0.3 is 5.73 Å². The van der Waals surface area contributed by atoms with Crippen LogP contribution in [0, 0.1) is 0 Å². The van der Waals surface area contributed by atoms with Gasteiger partial charge >= 0.3 is 0 Å². The lowest BCUT2D eigenvalue weighted by molar-refractivity contribution is 0.589. The van der Waals surface area contributed by atoms with Crippen LogP contribution < -0.4 is 5.73 Å². The number of unbranched alkanes of at least 4 members (excludes halogenated alkanes) is 4. The molecule has 0 aromatic rings. The van der Waals surface area contributed by atoms with E-state index in [0.717, 1.165) is 44.1 Å². The number of aliphatic imine (C=N–C) groups is 1. The van der Waals surface area contributed by atoms with Crippen LogP contribution >= 0.6 is 11.6 Å². The van der Waals surface area contributed by atoms with Gasteiger partial charge in [0.05, 0.1) is 5.70 Å². The van der Waals surface area contributed by atoms with Gasteiger partial charge in [-0.05, 0) is 32.3 Å². The number of rotatable bonds is 11. The van der Waals surface area contributed by atoms with E-state index in [1.807, 2.05) is 0 Å². The SMILES string of the molecule is C=CC(/N=C(\C)Cl)=C(\CCCCCCCS(C)(=O)=O)C(=C)N. The highest BCUT2D eigenvalue weighted by molar-refractivity contribution is 7.90. The van der Waals surface area contributed by atoms with Crippen molar-refractivity contribution in [3.8, 4) is 0 Å². The third kappa shape index (κ3) is 10.6. The van der Waals surface area contributed by atoms with Crippen molar-refractivity contribution in [2.75, 3.05) is 12.0 Å². The molecule has 0 radical (unpaired) electrons. The zero-order valence-corrected chi connectivity index (χ0v) is 15.1. The summed E-state index contributed by atoms with van der Waals surface area (Å²) in [5.41, 5.74) is 7.83. The van der Waals surface area contributed by atoms with Gasteiger partial charge in [0.25, 0.3) is 0 Å². The van der Waals surface area contributed by atoms with Crippen LogP contribution in [0.3, 0.4) is 0 Å². The standard InChI is InChI=1S/C16H27ClN2O2S/c1-5-16(19-14(3)17)15(13(2)18)11-9-7-6-8-10-12-22(4,20)21/h5H,1-2,6-12,18H2,3-4H3/b16-15-,19-14+. The first-order chi connectivity index (χ1) is 10.2. The van der Waals surface area contributed by atoms with Crippen molar-refractivity contribution in [3.05, 3.63) is 36.2 Å². The maximum absolute atomic E-state index is 11.0. The molecule has 0 heterocycles. The van der Waals surface area contributed by atoms with Gasteiger partial charge in [-0.1, -0.05) is 44.0 Å². The van der Waals surface area contributed by atoms with Gasteiger partial charge in [-0.3, -0.25) is 0 Å². The fourth-order valence-corrected chi connectivity index (χ4v) is 2.87. The number of hydrogen-bond acceptors (Lipinski definition) is 4. The van der Waals surface area contributed by atoms with Crippen molar-refractivity contribution in [2.45, 2.75) is 45.4 Å². The fourth-order valence-electron chi connectivity index (χ4n) is 2.05. The molecule has 6 heteroatoms. The summed E-state index contributed by atoms with van der Waals surface area (Å²) in [7, 11) is -2.84. The molecule has 0 fully saturated rings. The molecule has 0 aliphatic rings. The zero-order valence-electron chi connectivity index (χ0n) is 13.6. The predicted molar refractivity (Wildman–Crippen MR) is 96.9 cm³/mol. The number of allylic oxidation sites excluding steroid dienone is 2. The Kier molecular flexibility index (Phi) is 10.1. The molecule has 0 aliphatic heterocycles. The van der Waals surface area contributed by atoms with Gasteiger partial charge in [0, 0.05) is 23.3 Å². The minimum absolute atomic E-state index is 0.266. The quantitative estimate of drug-likeness (QED) is 0.350. The van der Waals surface area contributed by atoms with Crippen LogP contribution in [0.15, 0.2) is 41.2 Å². The molecule has 0 rings (SSSR count). The van der Waals surface area contributed by atoms with Gasteiger partial charge in [0.1, 0.15) is 15.0 Å². The van der Waals surface area contributed by atoms with Crippen LogP contribution in [0.25, 0.3) is 0 Å². The van der Waals surface area contributed by atoms with E-state index < -0.39 is 9.84 Å². The smallest absolute Gasteiger partial charge is 0.147 e. The molecule has 0 aromatic heterocycles. The van der Waals surface area contributed by atoms with E-state index in [4.69, 9.17) is 17.3 Å². The Bertz CT molecular complexity index is 544. The summed E-state index contributed by atoms with van der Waals surface area (Å²) < 4.78 is 22.0. The molecule has 0 unspecified atom stereocenters. The highest BCUT2D eigenvalue weighted by atomic mass is 35.5. The monoisotopic (exact) mass is 346 g/mol. The van der Waals surface area contributed by atoms with E-state index in [1.165, 1.54) is 6.26 Å². The summed E-state index contributed by atoms with van der Waals surface area (Å²) in [6.45, 7) is 9.21. The lowest BCUT2D eigenvalue weighted by atomic mass is 10.0. The van der Waals surface area contributed by atoms with Crippen LogP contribution in [0.2, 0.25) is 0 Å². The molecule has 4 nitrogen and oxygen atoms in total. The normalized spacial score (nSPS) is 13.7. The Balaban J connectivity index is 4.34. The second-order valence-electron chi connectivity index (χ2n) is 5.35. The highest BCUT2D eigenvalue weighted by Crippen LogP contribution is 2.20. The van der Waals surface area contributed by atoms with Crippen molar-refractivity contribution >= 4 is 26.6 Å². The summed E-state index contributed by atoms with van der Waals surface area (Å²) in [6.07, 6.45) is 8.25. The second-order valence-corrected chi connectivity index (χ2v) is 8.16. The summed E-state index contributed by atoms with van der Waals surface area (Å²) in [4.78, 5) is 4.21. The van der Waals surface area contributed by atoms with E-state index in [1.54, 1.807) is 13.0 Å². The Morgan fingerprint density at radius 2 is 1.77 bits per heavy atom. The van der Waals surface area contributed by atoms with E-state index in [9.17, 15) is 8.42 Å². The van der Waals surface area contributed by atoms with Gasteiger partial charge in [-0.2, -0.15) is 0 Å². The first kappa shape index (κ1) is 20.9. The molecule has 22 heavy (non-hydrogen) atoms. The van der Waals surface area contributed by atoms with Crippen molar-refractivity contribution in [2.24, 2.45) is 10.7 Å². The summed E-state index contributed by atoms with van der Waals surface area (Å²) in [5.74, 6) is 0.266. The fraction of sp³-hybridized carbons (Fsp3) is 0.562. The topological polar surface area (TPSA) is 72.5 Å². The number of sulfone groups is 1. The predicted octanol–water partition coefficient (Wildman–Crippen LogP) is 3.94. The van der Waals surface area contributed by atoms with E-state index >= 15 is 0 Å². The largest absolute Gasteiger partial charge is 0.399 e. The van der Waals surface area contributed by atoms with E-state index in [-0.39, 0.29) is 5.75 Å². The van der Waals surface area contributed by atoms with E-state index in [0.29, 0.717) is 16.6 Å². The van der Waals surface area contributed by atoms with Crippen LogP contribution in [-0.2, 0) is 9.84 Å². The number of nitrogens with zero attached hydrogens (tertiary/aromatic N) is 1. The van der Waals surface area contributed by atoms with Crippen molar-refractivity contribution in [3.63, 3.8) is 0 Å². The molecule has 0 aromatic carbocycles. The summed E-state index contributed by atoms with van der Waals surface area (Å²) in [6, 6.07) is 0. The Labute approximate surface area is 139 Å². The number of nitrogens with two attached hydrogens (primary N) is 1. The summed E-state index contributed by atoms with van der Waals surface area (Å²) >= 11 is 5.80. The van der Waals surface area contributed by atoms with Crippen molar-refractivity contribution < 1.29 is 8.42 Å². The number of halogens is 1. The minimum Gasteiger partial charge on any atom is -0.399 e. The Morgan fingerprint density at radius 3 is 2.23 bits per heavy atom. The van der Waals surface area contributed by atoms with Gasteiger partial charge in [0.15, 0.2) is 0 Å². The van der Waals surface area contributed by atoms with Gasteiger partial charge in [-0.15, -0.1) is 0 Å². The molecule has 0 saturated carbocycles. The maximum Gasteiger partial charge on any atom is 0.147 e. The third-order valence-electron chi connectivity index (χ3n) is 3.11. The number of hydrogen-bond donors (Lipinski definition) is 1. The molecule has 0 saturated heterocycles. The second kappa shape index (κ2) is 10.6. The minimum atomic E-state index is -2.84. The van der Waals surface area contributed by atoms with Crippen LogP contribution in [0.5, 0.6) is 0 Å². The lowest BCUT2D eigenvalue weighted by Crippen LogP contribution is -2.03. The molecule has 0 aliphatic carbocycles. The van der Waals surface area contributed by atoms with E-state index in [2.05, 4.69) is 18.2 Å². The summed E-state index contributed by atoms with van der Waals surface area (Å²) in [5, 5.41) is 0.425. The lowest BCUT2D eigenvalue weighted by Gasteiger charge is -2.10. The molecule has 0 amide bonds. The average molecular weight is 347 g/mol. The molecular formula is C16H27ClN2O2S. The molecule has 126 valence electrons. The van der Waals surface area contributed by atoms with Gasteiger partial charge in [0.2, 0.25) is 0 Å². The molecule has 0 spiro atoms. The first-order valence-electron chi connectivity index (χ1n) is 7.36. The molecule has 0 bridgehead atoms. The molecule has 0 atom stereocenters. The Hall–Kier alpha value is -1.07. The molecule has 2 N–H and O–H groups in total. The first-order valence-corrected chi connectivity index (χ1v) is 9.80. The van der Waals surface area contributed by atoms with Gasteiger partial charge in [-0.25, -0.2) is 13.4 Å². The van der Waals surface area contributed by atoms with Crippen LogP contribution in [0.1, 0.15) is 45.4 Å². The van der Waals surface area contributed by atoms with Crippen LogP contribution in [-0.4, -0.2) is 25.6 Å². The average Bonchev–Trinajstić information content (AvgIpc) is 2.37. The highest BCUT2D eigenvalue weighted by Gasteiger charge is 2.06. The van der Waals surface area contributed by atoms with Crippen molar-refractivity contribution in [1.29, 1.82) is 0 Å². The zero-order chi connectivity index (χ0) is 17.2.